The summed E-state index contributed by atoms with van der Waals surface area (Å²) in [5, 5.41) is 0.104. The maximum Gasteiger partial charge on any atom is 0.334 e. The predicted octanol–water partition coefficient (Wildman–Crippen LogP) is 1.98. The van der Waals surface area contributed by atoms with E-state index in [4.69, 9.17) is 11.6 Å². The van der Waals surface area contributed by atoms with E-state index in [0.29, 0.717) is 11.3 Å². The third-order valence-electron chi connectivity index (χ3n) is 3.61. The monoisotopic (exact) mass is 276 g/mol. The van der Waals surface area contributed by atoms with Crippen LogP contribution in [-0.4, -0.2) is 9.55 Å². The number of aromatic amines is 1. The van der Waals surface area contributed by atoms with Crippen LogP contribution in [0.5, 0.6) is 0 Å². The Kier molecular flexibility index (Phi) is 2.82. The Bertz CT molecular complexity index is 774. The van der Waals surface area contributed by atoms with E-state index in [1.165, 1.54) is 11.1 Å². The lowest BCUT2D eigenvalue weighted by Gasteiger charge is -2.08. The molecule has 0 atom stereocenters. The fourth-order valence-electron chi connectivity index (χ4n) is 2.53. The maximum absolute atomic E-state index is 12.2. The second-order valence-electron chi connectivity index (χ2n) is 4.82. The molecule has 0 radical (unpaired) electrons. The molecule has 0 amide bonds. The zero-order valence-electron chi connectivity index (χ0n) is 10.5. The summed E-state index contributed by atoms with van der Waals surface area (Å²) in [6.45, 7) is 1.60. The summed E-state index contributed by atoms with van der Waals surface area (Å²) in [5.41, 5.74) is 2.61. The molecule has 0 saturated heterocycles. The van der Waals surface area contributed by atoms with E-state index in [0.717, 1.165) is 23.8 Å². The predicted molar refractivity (Wildman–Crippen MR) is 74.4 cm³/mol. The number of aromatic nitrogens is 2. The highest BCUT2D eigenvalue weighted by Gasteiger charge is 2.15. The number of halogens is 1. The van der Waals surface area contributed by atoms with Crippen molar-refractivity contribution in [1.82, 2.24) is 9.55 Å². The highest BCUT2D eigenvalue weighted by Crippen LogP contribution is 2.23. The highest BCUT2D eigenvalue weighted by atomic mass is 35.5. The van der Waals surface area contributed by atoms with Gasteiger partial charge in [-0.05, 0) is 49.4 Å². The zero-order valence-corrected chi connectivity index (χ0v) is 11.3. The van der Waals surface area contributed by atoms with Gasteiger partial charge in [0.15, 0.2) is 0 Å². The number of hydrogen-bond acceptors (Lipinski definition) is 2. The smallest absolute Gasteiger partial charge is 0.297 e. The Morgan fingerprint density at radius 3 is 2.74 bits per heavy atom. The first kappa shape index (κ1) is 12.2. The molecule has 0 aliphatic heterocycles. The molecule has 5 heteroatoms. The van der Waals surface area contributed by atoms with Crippen molar-refractivity contribution >= 4 is 11.6 Å². The van der Waals surface area contributed by atoms with Gasteiger partial charge in [0, 0.05) is 0 Å². The number of hydrogen-bond donors (Lipinski definition) is 1. The normalized spacial score (nSPS) is 13.6. The molecule has 1 heterocycles. The number of H-pyrrole nitrogens is 1. The van der Waals surface area contributed by atoms with Gasteiger partial charge in [0.05, 0.1) is 11.3 Å². The first-order chi connectivity index (χ1) is 9.08. The van der Waals surface area contributed by atoms with E-state index in [-0.39, 0.29) is 10.7 Å². The van der Waals surface area contributed by atoms with Crippen LogP contribution >= 0.6 is 11.6 Å². The van der Waals surface area contributed by atoms with Crippen LogP contribution in [0.2, 0.25) is 5.15 Å². The van der Waals surface area contributed by atoms with Crippen LogP contribution in [0.4, 0.5) is 0 Å². The van der Waals surface area contributed by atoms with E-state index in [1.807, 2.05) is 18.2 Å². The van der Waals surface area contributed by atoms with Crippen LogP contribution in [0.25, 0.3) is 5.69 Å². The summed E-state index contributed by atoms with van der Waals surface area (Å²) in [6, 6.07) is 5.73. The summed E-state index contributed by atoms with van der Waals surface area (Å²) in [4.78, 5) is 26.6. The lowest BCUT2D eigenvalue weighted by molar-refractivity contribution is 0.857. The highest BCUT2D eigenvalue weighted by molar-refractivity contribution is 6.30. The summed E-state index contributed by atoms with van der Waals surface area (Å²) in [6.07, 6.45) is 3.20. The third-order valence-corrected chi connectivity index (χ3v) is 3.99. The summed E-state index contributed by atoms with van der Waals surface area (Å²) in [7, 11) is 0. The molecule has 3 rings (SSSR count). The number of fused-ring (bicyclic) bond motifs is 1. The molecule has 1 aliphatic carbocycles. The van der Waals surface area contributed by atoms with Crippen molar-refractivity contribution in [3.8, 4) is 5.69 Å². The largest absolute Gasteiger partial charge is 0.334 e. The molecule has 1 aliphatic rings. The molecule has 2 aromatic rings. The molecule has 98 valence electrons. The second-order valence-corrected chi connectivity index (χ2v) is 5.19. The second kappa shape index (κ2) is 4.38. The van der Waals surface area contributed by atoms with E-state index in [2.05, 4.69) is 4.98 Å². The van der Waals surface area contributed by atoms with Crippen LogP contribution in [0.1, 0.15) is 23.1 Å². The molecular formula is C14H13ClN2O2. The Hall–Kier alpha value is -1.81. The fourth-order valence-corrected chi connectivity index (χ4v) is 2.69. The average molecular weight is 277 g/mol. The van der Waals surface area contributed by atoms with Crippen LogP contribution in [0.3, 0.4) is 0 Å². The van der Waals surface area contributed by atoms with Gasteiger partial charge in [0.25, 0.3) is 5.56 Å². The quantitative estimate of drug-likeness (QED) is 0.810. The van der Waals surface area contributed by atoms with Gasteiger partial charge in [-0.3, -0.25) is 9.78 Å². The van der Waals surface area contributed by atoms with Crippen LogP contribution in [0, 0.1) is 6.92 Å². The van der Waals surface area contributed by atoms with Crippen molar-refractivity contribution in [3.63, 3.8) is 0 Å². The van der Waals surface area contributed by atoms with Crippen molar-refractivity contribution < 1.29 is 0 Å². The first-order valence-electron chi connectivity index (χ1n) is 6.21. The lowest BCUT2D eigenvalue weighted by atomic mass is 10.1. The zero-order chi connectivity index (χ0) is 13.6. The van der Waals surface area contributed by atoms with Crippen molar-refractivity contribution in [2.75, 3.05) is 0 Å². The summed E-state index contributed by atoms with van der Waals surface area (Å²) in [5.74, 6) is 0. The topological polar surface area (TPSA) is 54.9 Å². The van der Waals surface area contributed by atoms with Gasteiger partial charge in [-0.15, -0.1) is 0 Å². The minimum Gasteiger partial charge on any atom is -0.297 e. The molecular weight excluding hydrogens is 264 g/mol. The first-order valence-corrected chi connectivity index (χ1v) is 6.59. The molecule has 4 nitrogen and oxygen atoms in total. The summed E-state index contributed by atoms with van der Waals surface area (Å²) < 4.78 is 1.14. The molecule has 1 N–H and O–H groups in total. The van der Waals surface area contributed by atoms with Gasteiger partial charge in [-0.25, -0.2) is 9.36 Å². The van der Waals surface area contributed by atoms with Gasteiger partial charge in [0.2, 0.25) is 0 Å². The van der Waals surface area contributed by atoms with Gasteiger partial charge >= 0.3 is 5.69 Å². The standard InChI is InChI=1S/C14H13ClN2O2/c1-8-12(15)16-14(19)17(13(8)18)11-6-5-9-3-2-4-10(9)7-11/h5-7H,2-4H2,1H3,(H,16,19). The Labute approximate surface area is 114 Å². The number of rotatable bonds is 1. The Balaban J connectivity index is 2.26. The minimum atomic E-state index is -0.501. The van der Waals surface area contributed by atoms with E-state index in [9.17, 15) is 9.59 Å². The van der Waals surface area contributed by atoms with Crippen LogP contribution in [0.15, 0.2) is 27.8 Å². The van der Waals surface area contributed by atoms with E-state index >= 15 is 0 Å². The summed E-state index contributed by atoms with van der Waals surface area (Å²) >= 11 is 5.80. The average Bonchev–Trinajstić information content (AvgIpc) is 2.83. The van der Waals surface area contributed by atoms with Crippen molar-refractivity contribution in [3.05, 3.63) is 60.9 Å². The fraction of sp³-hybridized carbons (Fsp3) is 0.286. The molecule has 19 heavy (non-hydrogen) atoms. The van der Waals surface area contributed by atoms with Crippen LogP contribution < -0.4 is 11.2 Å². The molecule has 0 fully saturated rings. The molecule has 1 aromatic heterocycles. The van der Waals surface area contributed by atoms with Gasteiger partial charge in [0.1, 0.15) is 5.15 Å². The maximum atomic E-state index is 12.2. The number of benzene rings is 1. The number of nitrogens with zero attached hydrogens (tertiary/aromatic N) is 1. The van der Waals surface area contributed by atoms with E-state index < -0.39 is 5.69 Å². The third kappa shape index (κ3) is 1.92. The molecule has 0 unspecified atom stereocenters. The molecule has 0 bridgehead atoms. The van der Waals surface area contributed by atoms with Crippen molar-refractivity contribution in [1.29, 1.82) is 0 Å². The molecule has 1 aromatic carbocycles. The molecule has 0 spiro atoms. The molecule has 0 saturated carbocycles. The Morgan fingerprint density at radius 2 is 1.95 bits per heavy atom. The van der Waals surface area contributed by atoms with E-state index in [1.54, 1.807) is 6.92 Å². The number of nitrogens with one attached hydrogen (secondary N) is 1. The SMILES string of the molecule is Cc1c(Cl)[nH]c(=O)n(-c2ccc3c(c2)CCC3)c1=O. The Morgan fingerprint density at radius 1 is 1.21 bits per heavy atom. The minimum absolute atomic E-state index is 0.104. The lowest BCUT2D eigenvalue weighted by Crippen LogP contribution is -2.35. The van der Waals surface area contributed by atoms with Crippen LogP contribution in [-0.2, 0) is 12.8 Å². The van der Waals surface area contributed by atoms with Crippen molar-refractivity contribution in [2.24, 2.45) is 0 Å². The number of aryl methyl sites for hydroxylation is 2. The van der Waals surface area contributed by atoms with Crippen molar-refractivity contribution in [2.45, 2.75) is 26.2 Å². The van der Waals surface area contributed by atoms with Gasteiger partial charge in [-0.1, -0.05) is 17.7 Å². The van der Waals surface area contributed by atoms with Gasteiger partial charge in [-0.2, -0.15) is 0 Å². The van der Waals surface area contributed by atoms with Gasteiger partial charge < -0.3 is 0 Å².